The second-order valence-corrected chi connectivity index (χ2v) is 5.37. The Morgan fingerprint density at radius 3 is 2.65 bits per heavy atom. The highest BCUT2D eigenvalue weighted by Gasteiger charge is 2.22. The Hall–Kier alpha value is -2.67. The van der Waals surface area contributed by atoms with Gasteiger partial charge in [-0.1, -0.05) is 12.1 Å². The number of carbonyl (C=O) groups is 1. The second-order valence-electron chi connectivity index (χ2n) is 5.37. The van der Waals surface area contributed by atoms with Crippen LogP contribution >= 0.6 is 0 Å². The third-order valence-electron chi connectivity index (χ3n) is 3.60. The number of amides is 1. The lowest BCUT2D eigenvalue weighted by atomic mass is 10.2. The SMILES string of the molecule is Cc1ccc(CN(C)[C@H](C)C(=O)Nc2ccccc2[N+](=O)[O-])o1. The maximum Gasteiger partial charge on any atom is 0.292 e. The van der Waals surface area contributed by atoms with Crippen LogP contribution in [0.4, 0.5) is 11.4 Å². The van der Waals surface area contributed by atoms with E-state index in [9.17, 15) is 14.9 Å². The molecule has 0 unspecified atom stereocenters. The summed E-state index contributed by atoms with van der Waals surface area (Å²) in [6.45, 7) is 4.06. The van der Waals surface area contributed by atoms with Crippen molar-refractivity contribution in [3.8, 4) is 0 Å². The lowest BCUT2D eigenvalue weighted by molar-refractivity contribution is -0.383. The van der Waals surface area contributed by atoms with Gasteiger partial charge in [-0.25, -0.2) is 0 Å². The number of nitrogens with zero attached hydrogens (tertiary/aromatic N) is 2. The van der Waals surface area contributed by atoms with Gasteiger partial charge in [0.2, 0.25) is 5.91 Å². The molecule has 1 amide bonds. The first kappa shape index (κ1) is 16.7. The lowest BCUT2D eigenvalue weighted by Gasteiger charge is -2.22. The molecule has 0 aliphatic heterocycles. The van der Waals surface area contributed by atoms with Gasteiger partial charge >= 0.3 is 0 Å². The molecule has 1 N–H and O–H groups in total. The predicted octanol–water partition coefficient (Wildman–Crippen LogP) is 2.96. The molecule has 0 aliphatic carbocycles. The number of nitro groups is 1. The van der Waals surface area contributed by atoms with Crippen LogP contribution in [0.2, 0.25) is 0 Å². The van der Waals surface area contributed by atoms with Crippen LogP contribution in [-0.4, -0.2) is 28.8 Å². The van der Waals surface area contributed by atoms with E-state index in [2.05, 4.69) is 5.32 Å². The van der Waals surface area contributed by atoms with Crippen molar-refractivity contribution in [1.82, 2.24) is 4.90 Å². The fourth-order valence-corrected chi connectivity index (χ4v) is 2.13. The number of hydrogen-bond acceptors (Lipinski definition) is 5. The number of benzene rings is 1. The van der Waals surface area contributed by atoms with Gasteiger partial charge in [0.05, 0.1) is 17.5 Å². The number of carbonyl (C=O) groups excluding carboxylic acids is 1. The number of likely N-dealkylation sites (N-methyl/N-ethyl adjacent to an activating group) is 1. The lowest BCUT2D eigenvalue weighted by Crippen LogP contribution is -2.39. The van der Waals surface area contributed by atoms with E-state index in [4.69, 9.17) is 4.42 Å². The Morgan fingerprint density at radius 2 is 2.04 bits per heavy atom. The largest absolute Gasteiger partial charge is 0.465 e. The van der Waals surface area contributed by atoms with E-state index in [1.807, 2.05) is 24.0 Å². The highest BCUT2D eigenvalue weighted by Crippen LogP contribution is 2.23. The molecular formula is C16H19N3O4. The Morgan fingerprint density at radius 1 is 1.35 bits per heavy atom. The summed E-state index contributed by atoms with van der Waals surface area (Å²) >= 11 is 0. The van der Waals surface area contributed by atoms with Gasteiger partial charge in [-0.05, 0) is 39.1 Å². The summed E-state index contributed by atoms with van der Waals surface area (Å²) in [6, 6.07) is 9.32. The van der Waals surface area contributed by atoms with Crippen molar-refractivity contribution >= 4 is 17.3 Å². The molecule has 7 heteroatoms. The minimum Gasteiger partial charge on any atom is -0.465 e. The standard InChI is InChI=1S/C16H19N3O4/c1-11-8-9-13(23-11)10-18(3)12(2)16(20)17-14-6-4-5-7-15(14)19(21)22/h4-9,12H,10H2,1-3H3,(H,17,20)/t12-/m1/s1. The topological polar surface area (TPSA) is 88.6 Å². The summed E-state index contributed by atoms with van der Waals surface area (Å²) in [5.74, 6) is 1.26. The Bertz CT molecular complexity index is 711. The molecule has 2 rings (SSSR count). The van der Waals surface area contributed by atoms with E-state index in [1.165, 1.54) is 12.1 Å². The van der Waals surface area contributed by atoms with E-state index in [0.717, 1.165) is 11.5 Å². The van der Waals surface area contributed by atoms with E-state index in [1.54, 1.807) is 26.1 Å². The first-order chi connectivity index (χ1) is 10.9. The molecule has 0 saturated carbocycles. The zero-order chi connectivity index (χ0) is 17.0. The van der Waals surface area contributed by atoms with Crippen LogP contribution < -0.4 is 5.32 Å². The average Bonchev–Trinajstić information content (AvgIpc) is 2.91. The molecule has 2 aromatic rings. The second kappa shape index (κ2) is 7.06. The molecule has 1 heterocycles. The Labute approximate surface area is 134 Å². The highest BCUT2D eigenvalue weighted by atomic mass is 16.6. The van der Waals surface area contributed by atoms with Crippen molar-refractivity contribution < 1.29 is 14.1 Å². The normalized spacial score (nSPS) is 12.2. The van der Waals surface area contributed by atoms with Crippen molar-refractivity contribution in [3.63, 3.8) is 0 Å². The van der Waals surface area contributed by atoms with Gasteiger partial charge in [-0.15, -0.1) is 0 Å². The molecule has 0 saturated heterocycles. The zero-order valence-electron chi connectivity index (χ0n) is 13.3. The number of hydrogen-bond donors (Lipinski definition) is 1. The number of rotatable bonds is 6. The van der Waals surface area contributed by atoms with Gasteiger partial charge in [-0.3, -0.25) is 19.8 Å². The first-order valence-electron chi connectivity index (χ1n) is 7.18. The van der Waals surface area contributed by atoms with E-state index in [0.29, 0.717) is 6.54 Å². The molecule has 7 nitrogen and oxygen atoms in total. The third-order valence-corrected chi connectivity index (χ3v) is 3.60. The summed E-state index contributed by atoms with van der Waals surface area (Å²) < 4.78 is 5.49. The molecule has 1 aromatic carbocycles. The quantitative estimate of drug-likeness (QED) is 0.653. The number of nitrogens with one attached hydrogen (secondary N) is 1. The smallest absolute Gasteiger partial charge is 0.292 e. The van der Waals surface area contributed by atoms with Crippen molar-refractivity contribution in [1.29, 1.82) is 0 Å². The number of nitro benzene ring substituents is 1. The molecule has 1 atom stereocenters. The maximum absolute atomic E-state index is 12.3. The summed E-state index contributed by atoms with van der Waals surface area (Å²) in [7, 11) is 1.79. The molecule has 0 spiro atoms. The molecule has 122 valence electrons. The Kier molecular flexibility index (Phi) is 5.13. The molecule has 1 aromatic heterocycles. The van der Waals surface area contributed by atoms with Crippen LogP contribution in [0, 0.1) is 17.0 Å². The molecule has 23 heavy (non-hydrogen) atoms. The highest BCUT2D eigenvalue weighted by molar-refractivity contribution is 5.96. The van der Waals surface area contributed by atoms with Gasteiger partial charge in [0.25, 0.3) is 5.69 Å². The predicted molar refractivity (Wildman–Crippen MR) is 86.1 cm³/mol. The summed E-state index contributed by atoms with van der Waals surface area (Å²) in [4.78, 5) is 24.6. The van der Waals surface area contributed by atoms with Crippen LogP contribution in [0.25, 0.3) is 0 Å². The van der Waals surface area contributed by atoms with Crippen molar-refractivity contribution in [3.05, 3.63) is 58.0 Å². The number of furan rings is 1. The van der Waals surface area contributed by atoms with Crippen molar-refractivity contribution in [2.24, 2.45) is 0 Å². The minimum absolute atomic E-state index is 0.127. The van der Waals surface area contributed by atoms with Gasteiger partial charge in [0.1, 0.15) is 17.2 Å². The number of aryl methyl sites for hydroxylation is 1. The summed E-state index contributed by atoms with van der Waals surface area (Å²) in [5.41, 5.74) is 0.0638. The van der Waals surface area contributed by atoms with Crippen LogP contribution in [0.5, 0.6) is 0 Å². The van der Waals surface area contributed by atoms with E-state index < -0.39 is 11.0 Å². The zero-order valence-corrected chi connectivity index (χ0v) is 13.3. The molecular weight excluding hydrogens is 298 g/mol. The molecule has 0 aliphatic rings. The summed E-state index contributed by atoms with van der Waals surface area (Å²) in [6.07, 6.45) is 0. The Balaban J connectivity index is 2.03. The molecule has 0 radical (unpaired) electrons. The van der Waals surface area contributed by atoms with Gasteiger partial charge < -0.3 is 9.73 Å². The van der Waals surface area contributed by atoms with Crippen molar-refractivity contribution in [2.45, 2.75) is 26.4 Å². The number of anilines is 1. The minimum atomic E-state index is -0.518. The van der Waals surface area contributed by atoms with Gasteiger partial charge in [0.15, 0.2) is 0 Å². The fraction of sp³-hybridized carbons (Fsp3) is 0.312. The van der Waals surface area contributed by atoms with Crippen LogP contribution in [0.3, 0.4) is 0 Å². The van der Waals surface area contributed by atoms with Crippen LogP contribution in [-0.2, 0) is 11.3 Å². The first-order valence-corrected chi connectivity index (χ1v) is 7.18. The molecule has 0 fully saturated rings. The molecule has 0 bridgehead atoms. The monoisotopic (exact) mass is 317 g/mol. The van der Waals surface area contributed by atoms with Crippen LogP contribution in [0.1, 0.15) is 18.4 Å². The summed E-state index contributed by atoms with van der Waals surface area (Å²) in [5, 5.41) is 13.6. The van der Waals surface area contributed by atoms with Crippen LogP contribution in [0.15, 0.2) is 40.8 Å². The number of para-hydroxylation sites is 2. The van der Waals surface area contributed by atoms with Gasteiger partial charge in [0, 0.05) is 6.07 Å². The van der Waals surface area contributed by atoms with Gasteiger partial charge in [-0.2, -0.15) is 0 Å². The average molecular weight is 317 g/mol. The maximum atomic E-state index is 12.3. The fourth-order valence-electron chi connectivity index (χ4n) is 2.13. The van der Waals surface area contributed by atoms with E-state index >= 15 is 0 Å². The van der Waals surface area contributed by atoms with E-state index in [-0.39, 0.29) is 17.3 Å². The third kappa shape index (κ3) is 4.17. The van der Waals surface area contributed by atoms with Crippen molar-refractivity contribution in [2.75, 3.05) is 12.4 Å².